The van der Waals surface area contributed by atoms with Crippen molar-refractivity contribution in [1.29, 1.82) is 0 Å². The van der Waals surface area contributed by atoms with E-state index >= 15 is 0 Å². The summed E-state index contributed by atoms with van der Waals surface area (Å²) in [4.78, 5) is 15.2. The van der Waals surface area contributed by atoms with Crippen molar-refractivity contribution in [3.8, 4) is 0 Å². The van der Waals surface area contributed by atoms with Crippen molar-refractivity contribution in [3.05, 3.63) is 65.2 Å². The first kappa shape index (κ1) is 15.3. The molecule has 2 aromatic carbocycles. The molecule has 3 heteroatoms. The van der Waals surface area contributed by atoms with Gasteiger partial charge in [0.25, 0.3) is 0 Å². The van der Waals surface area contributed by atoms with E-state index in [9.17, 15) is 4.79 Å². The molecule has 2 aliphatic carbocycles. The van der Waals surface area contributed by atoms with Crippen molar-refractivity contribution < 1.29 is 4.79 Å². The van der Waals surface area contributed by atoms with Gasteiger partial charge >= 0.3 is 0 Å². The van der Waals surface area contributed by atoms with Crippen LogP contribution in [0.4, 0.5) is 5.69 Å². The molecule has 3 nitrogen and oxygen atoms in total. The Morgan fingerprint density at radius 3 is 2.58 bits per heavy atom. The second-order valence-corrected chi connectivity index (χ2v) is 6.98. The van der Waals surface area contributed by atoms with E-state index in [0.717, 1.165) is 43.4 Å². The van der Waals surface area contributed by atoms with Gasteiger partial charge in [-0.05, 0) is 54.9 Å². The third-order valence-electron chi connectivity index (χ3n) is 5.33. The fourth-order valence-corrected chi connectivity index (χ4v) is 3.94. The molecule has 2 N–H and O–H groups in total. The number of rotatable bonds is 5. The summed E-state index contributed by atoms with van der Waals surface area (Å²) in [6.07, 6.45) is 5.72. The average Bonchev–Trinajstić information content (AvgIpc) is 3.34. The van der Waals surface area contributed by atoms with Crippen LogP contribution >= 0.6 is 0 Å². The summed E-state index contributed by atoms with van der Waals surface area (Å²) in [6.45, 7) is 0. The number of anilines is 1. The van der Waals surface area contributed by atoms with E-state index in [2.05, 4.69) is 29.2 Å². The van der Waals surface area contributed by atoms with Gasteiger partial charge in [0.2, 0.25) is 5.91 Å². The number of nitrogen functional groups attached to an aromatic ring is 1. The first-order valence-corrected chi connectivity index (χ1v) is 8.96. The largest absolute Gasteiger partial charge is 0.399 e. The molecule has 0 aliphatic heterocycles. The first-order chi connectivity index (χ1) is 11.7. The van der Waals surface area contributed by atoms with Crippen LogP contribution < -0.4 is 5.73 Å². The molecule has 1 atom stereocenters. The van der Waals surface area contributed by atoms with Gasteiger partial charge in [-0.3, -0.25) is 4.79 Å². The predicted molar refractivity (Wildman–Crippen MR) is 96.5 cm³/mol. The molecule has 2 aromatic rings. The van der Waals surface area contributed by atoms with Crippen molar-refractivity contribution in [2.45, 2.75) is 50.6 Å². The Morgan fingerprint density at radius 2 is 1.79 bits per heavy atom. The molecule has 124 valence electrons. The van der Waals surface area contributed by atoms with Crippen LogP contribution in [0.2, 0.25) is 0 Å². The Kier molecular flexibility index (Phi) is 4.01. The molecule has 1 saturated carbocycles. The van der Waals surface area contributed by atoms with E-state index < -0.39 is 0 Å². The van der Waals surface area contributed by atoms with Gasteiger partial charge in [0.15, 0.2) is 0 Å². The maximum atomic E-state index is 13.0. The van der Waals surface area contributed by atoms with E-state index in [-0.39, 0.29) is 11.9 Å². The minimum atomic E-state index is 0.273. The van der Waals surface area contributed by atoms with Crippen LogP contribution in [-0.2, 0) is 17.6 Å². The number of hydrogen-bond donors (Lipinski definition) is 1. The van der Waals surface area contributed by atoms with Gasteiger partial charge in [-0.25, -0.2) is 0 Å². The summed E-state index contributed by atoms with van der Waals surface area (Å²) >= 11 is 0. The molecule has 0 bridgehead atoms. The monoisotopic (exact) mass is 320 g/mol. The van der Waals surface area contributed by atoms with Crippen molar-refractivity contribution in [2.24, 2.45) is 0 Å². The number of aryl methyl sites for hydroxylation is 2. The molecule has 1 fully saturated rings. The van der Waals surface area contributed by atoms with Crippen LogP contribution in [0.5, 0.6) is 0 Å². The van der Waals surface area contributed by atoms with Gasteiger partial charge in [0.1, 0.15) is 0 Å². The average molecular weight is 320 g/mol. The molecule has 4 rings (SSSR count). The maximum Gasteiger partial charge on any atom is 0.223 e. The van der Waals surface area contributed by atoms with Crippen molar-refractivity contribution in [1.82, 2.24) is 4.90 Å². The maximum absolute atomic E-state index is 13.0. The molecule has 0 aromatic heterocycles. The SMILES string of the molecule is Nc1ccccc1CCC(=O)N(C1CC1)C1CCc2ccccc21. The fraction of sp³-hybridized carbons (Fsp3) is 0.381. The molecule has 0 radical (unpaired) electrons. The van der Waals surface area contributed by atoms with Crippen LogP contribution in [0.3, 0.4) is 0 Å². The van der Waals surface area contributed by atoms with Crippen molar-refractivity contribution in [3.63, 3.8) is 0 Å². The lowest BCUT2D eigenvalue weighted by atomic mass is 10.0. The van der Waals surface area contributed by atoms with Crippen molar-refractivity contribution >= 4 is 11.6 Å². The molecule has 2 aliphatic rings. The highest BCUT2D eigenvalue weighted by molar-refractivity contribution is 5.78. The molecule has 1 unspecified atom stereocenters. The number of fused-ring (bicyclic) bond motifs is 1. The van der Waals surface area contributed by atoms with E-state index in [4.69, 9.17) is 5.73 Å². The molecule has 24 heavy (non-hydrogen) atoms. The van der Waals surface area contributed by atoms with Gasteiger partial charge in [-0.2, -0.15) is 0 Å². The highest BCUT2D eigenvalue weighted by Gasteiger charge is 2.39. The van der Waals surface area contributed by atoms with E-state index in [1.54, 1.807) is 0 Å². The lowest BCUT2D eigenvalue weighted by Crippen LogP contribution is -2.36. The number of carbonyl (C=O) groups excluding carboxylic acids is 1. The number of amides is 1. The van der Waals surface area contributed by atoms with Crippen LogP contribution in [0.1, 0.15) is 48.4 Å². The first-order valence-electron chi connectivity index (χ1n) is 8.96. The number of para-hydroxylation sites is 1. The Morgan fingerprint density at radius 1 is 1.04 bits per heavy atom. The van der Waals surface area contributed by atoms with Gasteiger partial charge in [-0.15, -0.1) is 0 Å². The van der Waals surface area contributed by atoms with Crippen molar-refractivity contribution in [2.75, 3.05) is 5.73 Å². The summed E-state index contributed by atoms with van der Waals surface area (Å²) in [5.41, 5.74) is 10.6. The molecular weight excluding hydrogens is 296 g/mol. The topological polar surface area (TPSA) is 46.3 Å². The predicted octanol–water partition coefficient (Wildman–Crippen LogP) is 3.88. The number of hydrogen-bond acceptors (Lipinski definition) is 2. The quantitative estimate of drug-likeness (QED) is 0.850. The Bertz CT molecular complexity index is 751. The van der Waals surface area contributed by atoms with E-state index in [1.807, 2.05) is 24.3 Å². The second kappa shape index (κ2) is 6.31. The molecular formula is C21H24N2O. The summed E-state index contributed by atoms with van der Waals surface area (Å²) in [5, 5.41) is 0. The summed E-state index contributed by atoms with van der Waals surface area (Å²) < 4.78 is 0. The normalized spacial score (nSPS) is 19.1. The zero-order valence-electron chi connectivity index (χ0n) is 13.9. The minimum Gasteiger partial charge on any atom is -0.399 e. The summed E-state index contributed by atoms with van der Waals surface area (Å²) in [7, 11) is 0. The fourth-order valence-electron chi connectivity index (χ4n) is 3.94. The van der Waals surface area contributed by atoms with Gasteiger partial charge < -0.3 is 10.6 Å². The highest BCUT2D eigenvalue weighted by atomic mass is 16.2. The smallest absolute Gasteiger partial charge is 0.223 e. The number of carbonyl (C=O) groups is 1. The van der Waals surface area contributed by atoms with E-state index in [0.29, 0.717) is 12.5 Å². The molecule has 0 spiro atoms. The van der Waals surface area contributed by atoms with E-state index in [1.165, 1.54) is 11.1 Å². The van der Waals surface area contributed by atoms with Crippen LogP contribution in [0.25, 0.3) is 0 Å². The number of nitrogens with zero attached hydrogens (tertiary/aromatic N) is 1. The third-order valence-corrected chi connectivity index (χ3v) is 5.33. The third kappa shape index (κ3) is 2.91. The zero-order valence-corrected chi connectivity index (χ0v) is 13.9. The Labute approximate surface area is 143 Å². The van der Waals surface area contributed by atoms with Crippen LogP contribution in [-0.4, -0.2) is 16.8 Å². The minimum absolute atomic E-state index is 0.273. The lowest BCUT2D eigenvalue weighted by molar-refractivity contribution is -0.134. The van der Waals surface area contributed by atoms with Gasteiger partial charge in [-0.1, -0.05) is 42.5 Å². The zero-order chi connectivity index (χ0) is 16.5. The standard InChI is InChI=1S/C21H24N2O/c22-19-8-4-2-6-16(19)10-14-21(24)23(17-11-12-17)20-13-9-15-5-1-3-7-18(15)20/h1-8,17,20H,9-14,22H2. The number of benzene rings is 2. The molecule has 0 heterocycles. The number of nitrogens with two attached hydrogens (primary N) is 1. The van der Waals surface area contributed by atoms with Gasteiger partial charge in [0.05, 0.1) is 6.04 Å². The summed E-state index contributed by atoms with van der Waals surface area (Å²) in [5.74, 6) is 0.280. The highest BCUT2D eigenvalue weighted by Crippen LogP contribution is 2.42. The van der Waals surface area contributed by atoms with Crippen LogP contribution in [0.15, 0.2) is 48.5 Å². The second-order valence-electron chi connectivity index (χ2n) is 6.98. The summed E-state index contributed by atoms with van der Waals surface area (Å²) in [6, 6.07) is 17.2. The Hall–Kier alpha value is -2.29. The van der Waals surface area contributed by atoms with Gasteiger partial charge in [0, 0.05) is 18.2 Å². The van der Waals surface area contributed by atoms with Crippen LogP contribution in [0, 0.1) is 0 Å². The molecule has 1 amide bonds. The lowest BCUT2D eigenvalue weighted by Gasteiger charge is -2.30. The molecule has 0 saturated heterocycles. The Balaban J connectivity index is 1.50.